The summed E-state index contributed by atoms with van der Waals surface area (Å²) in [6, 6.07) is 17.3. The molecule has 19 heavy (non-hydrogen) atoms. The van der Waals surface area contributed by atoms with Gasteiger partial charge in [-0.1, -0.05) is 41.9 Å². The molecule has 0 saturated heterocycles. The van der Waals surface area contributed by atoms with Crippen molar-refractivity contribution < 1.29 is 0 Å². The molecule has 2 aromatic rings. The van der Waals surface area contributed by atoms with Gasteiger partial charge in [0.05, 0.1) is 0 Å². The Bertz CT molecular complexity index is 556. The molecule has 1 aliphatic carbocycles. The predicted molar refractivity (Wildman–Crippen MR) is 82.0 cm³/mol. The monoisotopic (exact) mass is 271 g/mol. The lowest BCUT2D eigenvalue weighted by molar-refractivity contribution is 0.374. The van der Waals surface area contributed by atoms with Gasteiger partial charge in [0.2, 0.25) is 0 Å². The number of hydrogen-bond acceptors (Lipinski definition) is 1. The Kier molecular flexibility index (Phi) is 3.48. The van der Waals surface area contributed by atoms with Gasteiger partial charge < -0.3 is 5.32 Å². The van der Waals surface area contributed by atoms with Crippen molar-refractivity contribution in [3.8, 4) is 0 Å². The second kappa shape index (κ2) is 5.26. The summed E-state index contributed by atoms with van der Waals surface area (Å²) in [5.41, 5.74) is 3.99. The summed E-state index contributed by atoms with van der Waals surface area (Å²) < 4.78 is 0. The summed E-state index contributed by atoms with van der Waals surface area (Å²) in [5, 5.41) is 4.45. The average molecular weight is 272 g/mol. The van der Waals surface area contributed by atoms with E-state index in [0.29, 0.717) is 12.0 Å². The van der Waals surface area contributed by atoms with E-state index in [2.05, 4.69) is 48.6 Å². The predicted octanol–water partition coefficient (Wildman–Crippen LogP) is 5.01. The van der Waals surface area contributed by atoms with Crippen LogP contribution in [0.15, 0.2) is 48.5 Å². The third-order valence-electron chi connectivity index (χ3n) is 3.98. The largest absolute Gasteiger partial charge is 0.382 e. The van der Waals surface area contributed by atoms with Crippen LogP contribution in [-0.4, -0.2) is 6.04 Å². The van der Waals surface area contributed by atoms with Crippen molar-refractivity contribution >= 4 is 17.3 Å². The lowest BCUT2D eigenvalue weighted by Crippen LogP contribution is -2.34. The maximum atomic E-state index is 5.92. The molecule has 98 valence electrons. The highest BCUT2D eigenvalue weighted by Crippen LogP contribution is 2.39. The Labute approximate surface area is 119 Å². The Hall–Kier alpha value is -1.47. The second-order valence-electron chi connectivity index (χ2n) is 5.38. The van der Waals surface area contributed by atoms with Crippen LogP contribution in [-0.2, 0) is 0 Å². The van der Waals surface area contributed by atoms with E-state index in [9.17, 15) is 0 Å². The summed E-state index contributed by atoms with van der Waals surface area (Å²) in [6.45, 7) is 2.15. The summed E-state index contributed by atoms with van der Waals surface area (Å²) in [4.78, 5) is 0. The van der Waals surface area contributed by atoms with Crippen LogP contribution in [0.3, 0.4) is 0 Å². The van der Waals surface area contributed by atoms with E-state index in [0.717, 1.165) is 5.02 Å². The molecule has 1 fully saturated rings. The molecule has 2 heteroatoms. The van der Waals surface area contributed by atoms with Gasteiger partial charge in [0.15, 0.2) is 0 Å². The lowest BCUT2D eigenvalue weighted by atomic mass is 9.76. The van der Waals surface area contributed by atoms with E-state index in [-0.39, 0.29) is 0 Å². The fraction of sp³-hybridized carbons (Fsp3) is 0.294. The maximum absolute atomic E-state index is 5.92. The number of halogens is 1. The minimum Gasteiger partial charge on any atom is -0.382 e. The highest BCUT2D eigenvalue weighted by atomic mass is 35.5. The van der Waals surface area contributed by atoms with Gasteiger partial charge in [0, 0.05) is 16.8 Å². The van der Waals surface area contributed by atoms with Crippen molar-refractivity contribution in [2.75, 3.05) is 5.32 Å². The highest BCUT2D eigenvalue weighted by molar-refractivity contribution is 6.30. The summed E-state index contributed by atoms with van der Waals surface area (Å²) >= 11 is 5.92. The van der Waals surface area contributed by atoms with Gasteiger partial charge in [-0.2, -0.15) is 0 Å². The van der Waals surface area contributed by atoms with Crippen molar-refractivity contribution in [3.63, 3.8) is 0 Å². The minimum atomic E-state index is 0.599. The highest BCUT2D eigenvalue weighted by Gasteiger charge is 2.30. The number of rotatable bonds is 3. The molecular formula is C17H18ClN. The van der Waals surface area contributed by atoms with Gasteiger partial charge in [0.25, 0.3) is 0 Å². The van der Waals surface area contributed by atoms with Gasteiger partial charge in [-0.15, -0.1) is 0 Å². The van der Waals surface area contributed by atoms with Crippen molar-refractivity contribution in [3.05, 3.63) is 64.7 Å². The third kappa shape index (κ3) is 2.76. The number of anilines is 1. The molecule has 1 N–H and O–H groups in total. The zero-order chi connectivity index (χ0) is 13.2. The molecule has 0 spiro atoms. The smallest absolute Gasteiger partial charge is 0.0406 e. The number of nitrogens with one attached hydrogen (secondary N) is 1. The molecule has 1 nitrogen and oxygen atoms in total. The van der Waals surface area contributed by atoms with E-state index in [1.54, 1.807) is 0 Å². The average Bonchev–Trinajstić information content (AvgIpc) is 2.37. The molecule has 0 bridgehead atoms. The first-order chi connectivity index (χ1) is 9.22. The van der Waals surface area contributed by atoms with Crippen LogP contribution in [0.5, 0.6) is 0 Å². The molecule has 0 heterocycles. The number of benzene rings is 2. The van der Waals surface area contributed by atoms with Gasteiger partial charge in [0.1, 0.15) is 0 Å². The van der Waals surface area contributed by atoms with Crippen LogP contribution >= 0.6 is 11.6 Å². The first-order valence-electron chi connectivity index (χ1n) is 6.80. The minimum absolute atomic E-state index is 0.599. The first kappa shape index (κ1) is 12.6. The van der Waals surface area contributed by atoms with E-state index < -0.39 is 0 Å². The Morgan fingerprint density at radius 2 is 1.68 bits per heavy atom. The van der Waals surface area contributed by atoms with Crippen molar-refractivity contribution in [2.45, 2.75) is 31.7 Å². The fourth-order valence-electron chi connectivity index (χ4n) is 2.70. The van der Waals surface area contributed by atoms with Gasteiger partial charge in [-0.25, -0.2) is 0 Å². The van der Waals surface area contributed by atoms with Crippen molar-refractivity contribution in [1.29, 1.82) is 0 Å². The molecule has 2 aromatic carbocycles. The number of para-hydroxylation sites is 1. The van der Waals surface area contributed by atoms with Gasteiger partial charge >= 0.3 is 0 Å². The molecule has 0 amide bonds. The van der Waals surface area contributed by atoms with Gasteiger partial charge in [-0.05, 0) is 55.0 Å². The quantitative estimate of drug-likeness (QED) is 0.828. The molecule has 1 aliphatic rings. The van der Waals surface area contributed by atoms with Crippen molar-refractivity contribution in [2.24, 2.45) is 0 Å². The number of aryl methyl sites for hydroxylation is 1. The molecule has 0 atom stereocenters. The second-order valence-corrected chi connectivity index (χ2v) is 5.81. The Morgan fingerprint density at radius 1 is 1.00 bits per heavy atom. The van der Waals surface area contributed by atoms with E-state index >= 15 is 0 Å². The Balaban J connectivity index is 1.58. The van der Waals surface area contributed by atoms with Crippen LogP contribution in [0.25, 0.3) is 0 Å². The Morgan fingerprint density at radius 3 is 2.37 bits per heavy atom. The fourth-order valence-corrected chi connectivity index (χ4v) is 2.82. The normalized spacial score (nSPS) is 21.8. The maximum Gasteiger partial charge on any atom is 0.0406 e. The summed E-state index contributed by atoms with van der Waals surface area (Å²) in [5.74, 6) is 0.679. The van der Waals surface area contributed by atoms with Crippen LogP contribution in [0, 0.1) is 6.92 Å². The van der Waals surface area contributed by atoms with Crippen molar-refractivity contribution in [1.82, 2.24) is 0 Å². The molecule has 0 unspecified atom stereocenters. The van der Waals surface area contributed by atoms with Crippen LogP contribution in [0.4, 0.5) is 5.69 Å². The van der Waals surface area contributed by atoms with E-state index in [1.165, 1.54) is 29.7 Å². The summed E-state index contributed by atoms with van der Waals surface area (Å²) in [7, 11) is 0. The van der Waals surface area contributed by atoms with Gasteiger partial charge in [-0.3, -0.25) is 0 Å². The first-order valence-corrected chi connectivity index (χ1v) is 7.18. The van der Waals surface area contributed by atoms with E-state index in [4.69, 9.17) is 11.6 Å². The SMILES string of the molecule is Cc1ccccc1NC1CC(c2ccc(Cl)cc2)C1. The van der Waals surface area contributed by atoms with E-state index in [1.807, 2.05) is 12.1 Å². The topological polar surface area (TPSA) is 12.0 Å². The molecule has 3 rings (SSSR count). The molecular weight excluding hydrogens is 254 g/mol. The standard InChI is InChI=1S/C17H18ClN/c1-12-4-2-3-5-17(12)19-16-10-14(11-16)13-6-8-15(18)9-7-13/h2-9,14,16,19H,10-11H2,1H3. The van der Waals surface area contributed by atoms with Crippen LogP contribution in [0.1, 0.15) is 29.9 Å². The lowest BCUT2D eigenvalue weighted by Gasteiger charge is -2.37. The zero-order valence-electron chi connectivity index (χ0n) is 11.1. The summed E-state index contributed by atoms with van der Waals surface area (Å²) in [6.07, 6.45) is 2.41. The third-order valence-corrected chi connectivity index (χ3v) is 4.24. The zero-order valence-corrected chi connectivity index (χ0v) is 11.8. The molecule has 0 radical (unpaired) electrons. The molecule has 0 aromatic heterocycles. The molecule has 0 aliphatic heterocycles. The van der Waals surface area contributed by atoms with Crippen LogP contribution in [0.2, 0.25) is 5.02 Å². The van der Waals surface area contributed by atoms with Crippen LogP contribution < -0.4 is 5.32 Å². The number of hydrogen-bond donors (Lipinski definition) is 1. The molecule has 1 saturated carbocycles.